The molecule has 3 rings (SSSR count). The largest absolute Gasteiger partial charge is 0.289 e. The Morgan fingerprint density at radius 2 is 2.09 bits per heavy atom. The van der Waals surface area contributed by atoms with E-state index in [1.807, 2.05) is 6.07 Å². The quantitative estimate of drug-likeness (QED) is 0.497. The fraction of sp³-hybridized carbons (Fsp3) is 0.200. The lowest BCUT2D eigenvalue weighted by Gasteiger charge is -2.30. The minimum absolute atomic E-state index is 0.0160. The molecular weight excluding hydrogens is 318 g/mol. The van der Waals surface area contributed by atoms with Gasteiger partial charge in [-0.15, -0.1) is 0 Å². The average Bonchev–Trinajstić information content (AvgIpc) is 2.60. The monoisotopic (exact) mass is 333 g/mol. The number of fused-ring (bicyclic) bond motifs is 1. The number of carbonyl (C=O) groups excluding carboxylic acids is 1. The molecule has 1 aliphatic heterocycles. The molecule has 0 aliphatic carbocycles. The van der Waals surface area contributed by atoms with Gasteiger partial charge >= 0.3 is 0 Å². The Morgan fingerprint density at radius 1 is 1.30 bits per heavy atom. The molecule has 23 heavy (non-hydrogen) atoms. The first kappa shape index (κ1) is 15.6. The molecule has 1 aromatic heterocycles. The fourth-order valence-corrected chi connectivity index (χ4v) is 4.09. The van der Waals surface area contributed by atoms with E-state index in [9.17, 15) is 13.2 Å². The van der Waals surface area contributed by atoms with E-state index in [1.165, 1.54) is 17.7 Å². The normalized spacial score (nSPS) is 18.9. The number of aromatic nitrogens is 1. The average molecular weight is 333 g/mol. The molecule has 1 amide bonds. The van der Waals surface area contributed by atoms with Gasteiger partial charge in [0.1, 0.15) is 10.9 Å². The van der Waals surface area contributed by atoms with Crippen LogP contribution in [-0.4, -0.2) is 41.4 Å². The van der Waals surface area contributed by atoms with Crippen LogP contribution in [0.2, 0.25) is 0 Å². The molecule has 0 bridgehead atoms. The Labute approximate surface area is 133 Å². The number of rotatable bonds is 3. The summed E-state index contributed by atoms with van der Waals surface area (Å²) in [5.74, 6) is -0.758. The maximum absolute atomic E-state index is 12.9. The van der Waals surface area contributed by atoms with E-state index >= 15 is 0 Å². The lowest BCUT2D eigenvalue weighted by atomic mass is 10.1. The summed E-state index contributed by atoms with van der Waals surface area (Å²) in [7, 11) is -3.91. The van der Waals surface area contributed by atoms with Gasteiger partial charge in [-0.25, -0.2) is 13.9 Å². The Balaban J connectivity index is 2.04. The molecule has 2 N–H and O–H groups in total. The Kier molecular flexibility index (Phi) is 4.12. The lowest BCUT2D eigenvalue weighted by Crippen LogP contribution is -2.50. The van der Waals surface area contributed by atoms with Crippen molar-refractivity contribution in [2.24, 2.45) is 0 Å². The number of sulfonamides is 1. The van der Waals surface area contributed by atoms with Crippen LogP contribution < -0.4 is 5.48 Å². The van der Waals surface area contributed by atoms with Crippen molar-refractivity contribution in [1.82, 2.24) is 14.8 Å². The van der Waals surface area contributed by atoms with E-state index in [0.717, 1.165) is 4.31 Å². The molecule has 0 saturated carbocycles. The van der Waals surface area contributed by atoms with Crippen LogP contribution in [0.5, 0.6) is 0 Å². The molecule has 2 heterocycles. The summed E-state index contributed by atoms with van der Waals surface area (Å²) >= 11 is 0. The number of nitrogens with one attached hydrogen (secondary N) is 1. The highest BCUT2D eigenvalue weighted by atomic mass is 32.2. The zero-order valence-corrected chi connectivity index (χ0v) is 12.9. The van der Waals surface area contributed by atoms with Gasteiger partial charge in [0.05, 0.1) is 5.52 Å². The summed E-state index contributed by atoms with van der Waals surface area (Å²) in [6, 6.07) is 7.73. The summed E-state index contributed by atoms with van der Waals surface area (Å²) in [4.78, 5) is 15.9. The lowest BCUT2D eigenvalue weighted by molar-refractivity contribution is -0.133. The van der Waals surface area contributed by atoms with Gasteiger partial charge in [-0.05, 0) is 18.6 Å². The molecule has 1 unspecified atom stereocenters. The molecule has 0 fully saturated rings. The Bertz CT molecular complexity index is 879. The van der Waals surface area contributed by atoms with Crippen molar-refractivity contribution in [3.8, 4) is 0 Å². The summed E-state index contributed by atoms with van der Waals surface area (Å²) in [5, 5.41) is 9.52. The third-order valence-electron chi connectivity index (χ3n) is 3.74. The number of hydroxylamine groups is 1. The number of para-hydroxylation sites is 1. The summed E-state index contributed by atoms with van der Waals surface area (Å²) < 4.78 is 26.8. The van der Waals surface area contributed by atoms with Crippen LogP contribution >= 0.6 is 0 Å². The standard InChI is InChI=1S/C15H15N3O4S/c19-15(17-20)14-7-3-4-8-18(14)23(21,22)12-9-11-5-1-2-6-13(11)16-10-12/h1-6,9-10,14,20H,7-8H2,(H,17,19). The van der Waals surface area contributed by atoms with Crippen molar-refractivity contribution in [2.75, 3.05) is 6.54 Å². The highest BCUT2D eigenvalue weighted by molar-refractivity contribution is 7.89. The van der Waals surface area contributed by atoms with Gasteiger partial charge in [-0.2, -0.15) is 4.31 Å². The van der Waals surface area contributed by atoms with Gasteiger partial charge in [0.2, 0.25) is 10.0 Å². The second-order valence-electron chi connectivity index (χ2n) is 5.14. The predicted octanol–water partition coefficient (Wildman–Crippen LogP) is 1.06. The molecule has 2 aromatic rings. The van der Waals surface area contributed by atoms with Crippen LogP contribution in [0.3, 0.4) is 0 Å². The summed E-state index contributed by atoms with van der Waals surface area (Å²) in [5.41, 5.74) is 2.21. The number of hydrogen-bond acceptors (Lipinski definition) is 5. The van der Waals surface area contributed by atoms with E-state index in [1.54, 1.807) is 30.4 Å². The van der Waals surface area contributed by atoms with Crippen LogP contribution in [0, 0.1) is 0 Å². The number of hydrogen-bond donors (Lipinski definition) is 2. The van der Waals surface area contributed by atoms with Gasteiger partial charge in [-0.3, -0.25) is 15.0 Å². The minimum Gasteiger partial charge on any atom is -0.289 e. The fourth-order valence-electron chi connectivity index (χ4n) is 2.55. The predicted molar refractivity (Wildman–Crippen MR) is 83.1 cm³/mol. The van der Waals surface area contributed by atoms with Crippen molar-refractivity contribution >= 4 is 26.8 Å². The zero-order chi connectivity index (χ0) is 16.4. The second kappa shape index (κ2) is 6.07. The van der Waals surface area contributed by atoms with Crippen LogP contribution in [0.4, 0.5) is 0 Å². The minimum atomic E-state index is -3.91. The first-order valence-electron chi connectivity index (χ1n) is 6.99. The number of nitrogens with zero attached hydrogens (tertiary/aromatic N) is 2. The van der Waals surface area contributed by atoms with Crippen LogP contribution in [0.15, 0.2) is 53.6 Å². The molecular formula is C15H15N3O4S. The first-order chi connectivity index (χ1) is 11.0. The smallest absolute Gasteiger partial charge is 0.262 e. The maximum Gasteiger partial charge on any atom is 0.262 e. The molecule has 120 valence electrons. The molecule has 0 saturated heterocycles. The molecule has 7 nitrogen and oxygen atoms in total. The van der Waals surface area contributed by atoms with Gasteiger partial charge in [0.15, 0.2) is 0 Å². The number of amides is 1. The number of pyridine rings is 1. The van der Waals surface area contributed by atoms with E-state index < -0.39 is 22.0 Å². The highest BCUT2D eigenvalue weighted by Gasteiger charge is 2.36. The molecule has 8 heteroatoms. The Hall–Kier alpha value is -2.29. The van der Waals surface area contributed by atoms with E-state index in [0.29, 0.717) is 10.9 Å². The van der Waals surface area contributed by atoms with Gasteiger partial charge < -0.3 is 0 Å². The zero-order valence-electron chi connectivity index (χ0n) is 12.1. The summed E-state index contributed by atoms with van der Waals surface area (Å²) in [6.07, 6.45) is 4.87. The Morgan fingerprint density at radius 3 is 2.87 bits per heavy atom. The SMILES string of the molecule is O=C(NO)C1CC=CCN1S(=O)(=O)c1cnc2ccccc2c1. The van der Waals surface area contributed by atoms with Crippen molar-refractivity contribution in [2.45, 2.75) is 17.4 Å². The second-order valence-corrected chi connectivity index (χ2v) is 7.03. The molecule has 0 spiro atoms. The van der Waals surface area contributed by atoms with Gasteiger partial charge in [-0.1, -0.05) is 30.4 Å². The number of carbonyl (C=O) groups is 1. The maximum atomic E-state index is 12.9. The topological polar surface area (TPSA) is 99.6 Å². The van der Waals surface area contributed by atoms with E-state index in [4.69, 9.17) is 5.21 Å². The van der Waals surface area contributed by atoms with Crippen molar-refractivity contribution in [3.05, 3.63) is 48.7 Å². The third kappa shape index (κ3) is 2.83. The van der Waals surface area contributed by atoms with Crippen molar-refractivity contribution in [3.63, 3.8) is 0 Å². The van der Waals surface area contributed by atoms with Crippen LogP contribution in [0.1, 0.15) is 6.42 Å². The van der Waals surface area contributed by atoms with Gasteiger partial charge in [0, 0.05) is 18.1 Å². The molecule has 0 radical (unpaired) electrons. The van der Waals surface area contributed by atoms with Gasteiger partial charge in [0.25, 0.3) is 5.91 Å². The summed E-state index contributed by atoms with van der Waals surface area (Å²) in [6.45, 7) is 0.0627. The van der Waals surface area contributed by atoms with Crippen LogP contribution in [-0.2, 0) is 14.8 Å². The van der Waals surface area contributed by atoms with Crippen molar-refractivity contribution in [1.29, 1.82) is 0 Å². The first-order valence-corrected chi connectivity index (χ1v) is 8.43. The molecule has 1 aromatic carbocycles. The number of benzene rings is 1. The molecule has 1 atom stereocenters. The van der Waals surface area contributed by atoms with Crippen molar-refractivity contribution < 1.29 is 18.4 Å². The van der Waals surface area contributed by atoms with E-state index in [2.05, 4.69) is 4.98 Å². The van der Waals surface area contributed by atoms with Crippen LogP contribution in [0.25, 0.3) is 10.9 Å². The van der Waals surface area contributed by atoms with E-state index in [-0.39, 0.29) is 17.9 Å². The molecule has 1 aliphatic rings. The highest BCUT2D eigenvalue weighted by Crippen LogP contribution is 2.24. The third-order valence-corrected chi connectivity index (χ3v) is 5.58.